The van der Waals surface area contributed by atoms with Crippen molar-refractivity contribution < 1.29 is 4.52 Å². The fourth-order valence-electron chi connectivity index (χ4n) is 1.84. The molecular formula is C14H18ClN3O. The van der Waals surface area contributed by atoms with Gasteiger partial charge in [-0.25, -0.2) is 0 Å². The van der Waals surface area contributed by atoms with Gasteiger partial charge in [-0.1, -0.05) is 36.7 Å². The van der Waals surface area contributed by atoms with E-state index < -0.39 is 5.54 Å². The number of rotatable bonds is 4. The van der Waals surface area contributed by atoms with Crippen LogP contribution in [0.3, 0.4) is 0 Å². The lowest BCUT2D eigenvalue weighted by molar-refractivity contribution is 0.350. The molecule has 0 saturated carbocycles. The van der Waals surface area contributed by atoms with E-state index in [0.717, 1.165) is 24.0 Å². The minimum atomic E-state index is -0.532. The Hall–Kier alpha value is -1.39. The van der Waals surface area contributed by atoms with Crippen molar-refractivity contribution in [2.45, 2.75) is 39.2 Å². The van der Waals surface area contributed by atoms with Crippen LogP contribution in [0.15, 0.2) is 22.7 Å². The van der Waals surface area contributed by atoms with Crippen molar-refractivity contribution in [2.75, 3.05) is 0 Å². The average molecular weight is 280 g/mol. The van der Waals surface area contributed by atoms with Crippen LogP contribution in [-0.2, 0) is 5.54 Å². The topological polar surface area (TPSA) is 64.9 Å². The van der Waals surface area contributed by atoms with E-state index in [1.165, 1.54) is 0 Å². The minimum absolute atomic E-state index is 0.452. The average Bonchev–Trinajstić information content (AvgIpc) is 2.91. The third kappa shape index (κ3) is 2.65. The minimum Gasteiger partial charge on any atom is -0.334 e. The molecule has 0 aliphatic rings. The normalized spacial score (nSPS) is 11.8. The number of hydrogen-bond acceptors (Lipinski definition) is 4. The van der Waals surface area contributed by atoms with Crippen LogP contribution in [0.2, 0.25) is 5.02 Å². The predicted molar refractivity (Wildman–Crippen MR) is 75.9 cm³/mol. The third-order valence-corrected chi connectivity index (χ3v) is 3.96. The lowest BCUT2D eigenvalue weighted by Gasteiger charge is -2.21. The molecule has 19 heavy (non-hydrogen) atoms. The Morgan fingerprint density at radius 3 is 2.58 bits per heavy atom. The van der Waals surface area contributed by atoms with Crippen molar-refractivity contribution in [2.24, 2.45) is 5.73 Å². The van der Waals surface area contributed by atoms with Gasteiger partial charge in [0.2, 0.25) is 0 Å². The van der Waals surface area contributed by atoms with Crippen molar-refractivity contribution in [3.63, 3.8) is 0 Å². The molecule has 1 aromatic carbocycles. The molecule has 5 heteroatoms. The van der Waals surface area contributed by atoms with Crippen molar-refractivity contribution >= 4 is 11.6 Å². The SMILES string of the molecule is CCC(N)(CC)c1noc(-c2ccc(C)c(Cl)c2)n1. The van der Waals surface area contributed by atoms with Crippen LogP contribution in [-0.4, -0.2) is 10.1 Å². The Morgan fingerprint density at radius 1 is 1.32 bits per heavy atom. The maximum absolute atomic E-state index is 6.25. The molecule has 0 radical (unpaired) electrons. The van der Waals surface area contributed by atoms with E-state index in [4.69, 9.17) is 21.9 Å². The lowest BCUT2D eigenvalue weighted by atomic mass is 9.93. The summed E-state index contributed by atoms with van der Waals surface area (Å²) in [5.41, 5.74) is 7.54. The van der Waals surface area contributed by atoms with E-state index >= 15 is 0 Å². The summed E-state index contributed by atoms with van der Waals surface area (Å²) in [5.74, 6) is 0.998. The zero-order valence-corrected chi connectivity index (χ0v) is 12.2. The zero-order chi connectivity index (χ0) is 14.0. The fourth-order valence-corrected chi connectivity index (χ4v) is 2.02. The first-order valence-corrected chi connectivity index (χ1v) is 6.77. The van der Waals surface area contributed by atoms with Gasteiger partial charge in [0.05, 0.1) is 5.54 Å². The number of nitrogens with two attached hydrogens (primary N) is 1. The van der Waals surface area contributed by atoms with E-state index in [2.05, 4.69) is 10.1 Å². The second kappa shape index (κ2) is 5.31. The molecule has 0 amide bonds. The van der Waals surface area contributed by atoms with Gasteiger partial charge in [0.25, 0.3) is 5.89 Å². The molecule has 0 saturated heterocycles. The van der Waals surface area contributed by atoms with Gasteiger partial charge in [-0.2, -0.15) is 4.98 Å². The molecular weight excluding hydrogens is 262 g/mol. The van der Waals surface area contributed by atoms with Gasteiger partial charge in [0, 0.05) is 10.6 Å². The first-order chi connectivity index (χ1) is 9.00. The molecule has 0 fully saturated rings. The van der Waals surface area contributed by atoms with Crippen molar-refractivity contribution in [3.8, 4) is 11.5 Å². The molecule has 0 bridgehead atoms. The molecule has 4 nitrogen and oxygen atoms in total. The number of nitrogens with zero attached hydrogens (tertiary/aromatic N) is 2. The Balaban J connectivity index is 2.38. The van der Waals surface area contributed by atoms with Gasteiger partial charge in [-0.05, 0) is 37.5 Å². The summed E-state index contributed by atoms with van der Waals surface area (Å²) in [6, 6.07) is 5.66. The first kappa shape index (κ1) is 14.0. The molecule has 1 heterocycles. The summed E-state index contributed by atoms with van der Waals surface area (Å²) < 4.78 is 5.30. The van der Waals surface area contributed by atoms with Gasteiger partial charge in [0.1, 0.15) is 0 Å². The number of benzene rings is 1. The quantitative estimate of drug-likeness (QED) is 0.927. The summed E-state index contributed by atoms with van der Waals surface area (Å²) in [7, 11) is 0. The number of aromatic nitrogens is 2. The van der Waals surface area contributed by atoms with Gasteiger partial charge in [-0.3, -0.25) is 0 Å². The van der Waals surface area contributed by atoms with E-state index in [-0.39, 0.29) is 0 Å². The van der Waals surface area contributed by atoms with E-state index in [9.17, 15) is 0 Å². The molecule has 102 valence electrons. The molecule has 2 aromatic rings. The van der Waals surface area contributed by atoms with Crippen LogP contribution in [0.1, 0.15) is 38.1 Å². The summed E-state index contributed by atoms with van der Waals surface area (Å²) in [5, 5.41) is 4.69. The van der Waals surface area contributed by atoms with Crippen LogP contribution in [0.4, 0.5) is 0 Å². The predicted octanol–water partition coefficient (Wildman–Crippen LogP) is 3.67. The molecule has 2 N–H and O–H groups in total. The highest BCUT2D eigenvalue weighted by molar-refractivity contribution is 6.31. The van der Waals surface area contributed by atoms with Crippen molar-refractivity contribution in [1.82, 2.24) is 10.1 Å². The van der Waals surface area contributed by atoms with E-state index in [1.807, 2.05) is 39.0 Å². The number of hydrogen-bond donors (Lipinski definition) is 1. The molecule has 0 spiro atoms. The van der Waals surface area contributed by atoms with Gasteiger partial charge in [0.15, 0.2) is 5.82 Å². The van der Waals surface area contributed by atoms with E-state index in [1.54, 1.807) is 0 Å². The Bertz CT molecular complexity index is 576. The van der Waals surface area contributed by atoms with Gasteiger partial charge in [-0.15, -0.1) is 0 Å². The monoisotopic (exact) mass is 279 g/mol. The molecule has 1 aromatic heterocycles. The summed E-state index contributed by atoms with van der Waals surface area (Å²) >= 11 is 6.10. The lowest BCUT2D eigenvalue weighted by Crippen LogP contribution is -2.36. The standard InChI is InChI=1S/C14H18ClN3O/c1-4-14(16,5-2)13-17-12(19-18-13)10-7-6-9(3)11(15)8-10/h6-8H,4-5,16H2,1-3H3. The number of halogens is 1. The van der Waals surface area contributed by atoms with Gasteiger partial charge < -0.3 is 10.3 Å². The molecule has 0 aliphatic carbocycles. The highest BCUT2D eigenvalue weighted by Crippen LogP contribution is 2.28. The van der Waals surface area contributed by atoms with Crippen LogP contribution in [0.5, 0.6) is 0 Å². The number of aryl methyl sites for hydroxylation is 1. The molecule has 0 unspecified atom stereocenters. The third-order valence-electron chi connectivity index (χ3n) is 3.55. The van der Waals surface area contributed by atoms with Gasteiger partial charge >= 0.3 is 0 Å². The second-order valence-electron chi connectivity index (χ2n) is 4.75. The Kier molecular flexibility index (Phi) is 3.92. The molecule has 0 atom stereocenters. The first-order valence-electron chi connectivity index (χ1n) is 6.39. The van der Waals surface area contributed by atoms with Crippen LogP contribution in [0.25, 0.3) is 11.5 Å². The van der Waals surface area contributed by atoms with Crippen LogP contribution >= 0.6 is 11.6 Å². The maximum Gasteiger partial charge on any atom is 0.258 e. The maximum atomic E-state index is 6.25. The van der Waals surface area contributed by atoms with Crippen molar-refractivity contribution in [1.29, 1.82) is 0 Å². The second-order valence-corrected chi connectivity index (χ2v) is 5.16. The Labute approximate surface area is 118 Å². The smallest absolute Gasteiger partial charge is 0.258 e. The zero-order valence-electron chi connectivity index (χ0n) is 11.4. The molecule has 0 aliphatic heterocycles. The highest BCUT2D eigenvalue weighted by Gasteiger charge is 2.29. The van der Waals surface area contributed by atoms with Crippen LogP contribution < -0.4 is 5.73 Å². The summed E-state index contributed by atoms with van der Waals surface area (Å²) in [4.78, 5) is 4.40. The van der Waals surface area contributed by atoms with Crippen molar-refractivity contribution in [3.05, 3.63) is 34.6 Å². The fraction of sp³-hybridized carbons (Fsp3) is 0.429. The highest BCUT2D eigenvalue weighted by atomic mass is 35.5. The summed E-state index contributed by atoms with van der Waals surface area (Å²) in [6.07, 6.45) is 1.52. The summed E-state index contributed by atoms with van der Waals surface area (Å²) in [6.45, 7) is 5.98. The molecule has 2 rings (SSSR count). The Morgan fingerprint density at radius 2 is 2.00 bits per heavy atom. The largest absolute Gasteiger partial charge is 0.334 e. The van der Waals surface area contributed by atoms with Crippen LogP contribution in [0, 0.1) is 6.92 Å². The van der Waals surface area contributed by atoms with E-state index in [0.29, 0.717) is 16.7 Å².